The summed E-state index contributed by atoms with van der Waals surface area (Å²) in [6, 6.07) is 23.3. The van der Waals surface area contributed by atoms with Crippen LogP contribution in [0.3, 0.4) is 0 Å². The van der Waals surface area contributed by atoms with Crippen LogP contribution in [0.4, 0.5) is 5.69 Å². The third-order valence-corrected chi connectivity index (χ3v) is 7.15. The molecule has 3 heteroatoms. The maximum atomic E-state index is 11.8. The van der Waals surface area contributed by atoms with Gasteiger partial charge in [-0.25, -0.2) is 4.79 Å². The molecule has 0 unspecified atom stereocenters. The fourth-order valence-corrected chi connectivity index (χ4v) is 5.72. The molecule has 0 bridgehead atoms. The van der Waals surface area contributed by atoms with Gasteiger partial charge in [0.1, 0.15) is 0 Å². The molecule has 3 atom stereocenters. The number of benzene rings is 4. The van der Waals surface area contributed by atoms with Gasteiger partial charge in [0.05, 0.1) is 11.6 Å². The highest BCUT2D eigenvalue weighted by Gasteiger charge is 2.40. The number of aromatic carboxylic acids is 1. The summed E-state index contributed by atoms with van der Waals surface area (Å²) in [7, 11) is 0. The lowest BCUT2D eigenvalue weighted by molar-refractivity contribution is 0.0696. The Morgan fingerprint density at radius 3 is 2.32 bits per heavy atom. The van der Waals surface area contributed by atoms with Crippen LogP contribution < -0.4 is 5.32 Å². The van der Waals surface area contributed by atoms with E-state index in [-0.39, 0.29) is 6.04 Å². The third kappa shape index (κ3) is 2.63. The van der Waals surface area contributed by atoms with E-state index in [1.165, 1.54) is 32.7 Å². The molecule has 0 spiro atoms. The second-order valence-electron chi connectivity index (χ2n) is 8.72. The van der Waals surface area contributed by atoms with Gasteiger partial charge in [0.2, 0.25) is 0 Å². The summed E-state index contributed by atoms with van der Waals surface area (Å²) in [6.45, 7) is 1.92. The van der Waals surface area contributed by atoms with Crippen molar-refractivity contribution in [1.82, 2.24) is 0 Å². The van der Waals surface area contributed by atoms with Crippen molar-refractivity contribution in [2.75, 3.05) is 5.32 Å². The second-order valence-corrected chi connectivity index (χ2v) is 8.72. The van der Waals surface area contributed by atoms with Gasteiger partial charge in [-0.3, -0.25) is 0 Å². The maximum absolute atomic E-state index is 11.8. The minimum absolute atomic E-state index is 0.103. The monoisotopic (exact) mass is 405 g/mol. The van der Waals surface area contributed by atoms with E-state index in [9.17, 15) is 9.90 Å². The molecule has 4 aromatic rings. The van der Waals surface area contributed by atoms with Gasteiger partial charge in [0.25, 0.3) is 0 Å². The van der Waals surface area contributed by atoms with Gasteiger partial charge in [-0.05, 0) is 69.6 Å². The van der Waals surface area contributed by atoms with Gasteiger partial charge >= 0.3 is 5.97 Å². The number of anilines is 1. The van der Waals surface area contributed by atoms with Crippen LogP contribution in [0.5, 0.6) is 0 Å². The molecular weight excluding hydrogens is 382 g/mol. The first-order valence-electron chi connectivity index (χ1n) is 10.8. The van der Waals surface area contributed by atoms with Crippen LogP contribution in [0.25, 0.3) is 21.5 Å². The molecule has 0 amide bonds. The van der Waals surface area contributed by atoms with E-state index < -0.39 is 5.97 Å². The quantitative estimate of drug-likeness (QED) is 0.284. The summed E-state index contributed by atoms with van der Waals surface area (Å²) >= 11 is 0. The van der Waals surface area contributed by atoms with Crippen molar-refractivity contribution in [3.05, 3.63) is 101 Å². The van der Waals surface area contributed by atoms with E-state index in [2.05, 4.69) is 72.1 Å². The van der Waals surface area contributed by atoms with Gasteiger partial charge < -0.3 is 10.4 Å². The van der Waals surface area contributed by atoms with E-state index in [0.29, 0.717) is 17.4 Å². The van der Waals surface area contributed by atoms with Crippen molar-refractivity contribution < 1.29 is 9.90 Å². The van der Waals surface area contributed by atoms with Crippen molar-refractivity contribution in [3.8, 4) is 0 Å². The predicted octanol–water partition coefficient (Wildman–Crippen LogP) is 6.83. The van der Waals surface area contributed by atoms with Gasteiger partial charge in [0, 0.05) is 11.6 Å². The third-order valence-electron chi connectivity index (χ3n) is 7.15. The molecule has 0 radical (unpaired) electrons. The Labute approximate surface area is 181 Å². The minimum atomic E-state index is -0.877. The fraction of sp³-hybridized carbons (Fsp3) is 0.179. The standard InChI is InChI=1S/C28H23NO2/c1-16-19(28(30)31)13-14-24-22-11-6-12-23(22)27(29-26(16)24)25-20-9-4-2-7-17(20)15-18-8-3-5-10-21(18)25/h2-11,13-15,22-23,27,29H,12H2,1H3,(H,30,31)/t22-,23+,27-/m1/s1. The zero-order chi connectivity index (χ0) is 21.1. The highest BCUT2D eigenvalue weighted by Crippen LogP contribution is 2.53. The van der Waals surface area contributed by atoms with Gasteiger partial charge in [-0.2, -0.15) is 0 Å². The van der Waals surface area contributed by atoms with Crippen LogP contribution in [0.2, 0.25) is 0 Å². The number of nitrogens with one attached hydrogen (secondary N) is 1. The first-order chi connectivity index (χ1) is 15.1. The number of allylic oxidation sites excluding steroid dienone is 2. The van der Waals surface area contributed by atoms with Crippen molar-refractivity contribution in [2.24, 2.45) is 5.92 Å². The fourth-order valence-electron chi connectivity index (χ4n) is 5.72. The Kier molecular flexibility index (Phi) is 3.94. The predicted molar refractivity (Wildman–Crippen MR) is 126 cm³/mol. The molecule has 2 N–H and O–H groups in total. The number of rotatable bonds is 2. The normalized spacial score (nSPS) is 21.6. The Hall–Kier alpha value is -3.59. The molecule has 152 valence electrons. The summed E-state index contributed by atoms with van der Waals surface area (Å²) in [6.07, 6.45) is 5.61. The zero-order valence-electron chi connectivity index (χ0n) is 17.3. The van der Waals surface area contributed by atoms with Crippen LogP contribution in [0.15, 0.2) is 78.9 Å². The summed E-state index contributed by atoms with van der Waals surface area (Å²) in [5.41, 5.74) is 4.70. The van der Waals surface area contributed by atoms with E-state index in [1.807, 2.05) is 13.0 Å². The molecule has 0 saturated carbocycles. The average Bonchev–Trinajstić information content (AvgIpc) is 3.27. The van der Waals surface area contributed by atoms with Crippen LogP contribution in [0, 0.1) is 12.8 Å². The number of carboxylic acids is 1. The van der Waals surface area contributed by atoms with Gasteiger partial charge in [-0.15, -0.1) is 0 Å². The molecular formula is C28H23NO2. The molecule has 6 rings (SSSR count). The molecule has 1 heterocycles. The van der Waals surface area contributed by atoms with Crippen LogP contribution in [0.1, 0.15) is 45.4 Å². The van der Waals surface area contributed by atoms with Crippen LogP contribution >= 0.6 is 0 Å². The smallest absolute Gasteiger partial charge is 0.336 e. The first-order valence-corrected chi connectivity index (χ1v) is 10.8. The molecule has 31 heavy (non-hydrogen) atoms. The molecule has 0 aromatic heterocycles. The Balaban J connectivity index is 1.64. The molecule has 0 fully saturated rings. The SMILES string of the molecule is Cc1c(C(=O)O)ccc2c1N[C@@H](c1c3ccccc3cc3ccccc13)[C@H]1CC=C[C@@H]21. The van der Waals surface area contributed by atoms with E-state index in [0.717, 1.165) is 17.7 Å². The lowest BCUT2D eigenvalue weighted by Gasteiger charge is -2.39. The molecule has 4 aromatic carbocycles. The molecule has 1 aliphatic heterocycles. The maximum Gasteiger partial charge on any atom is 0.336 e. The Bertz CT molecular complexity index is 1350. The summed E-state index contributed by atoms with van der Waals surface area (Å²) in [5.74, 6) is -0.185. The van der Waals surface area contributed by atoms with E-state index in [4.69, 9.17) is 0 Å². The lowest BCUT2D eigenvalue weighted by atomic mass is 9.74. The van der Waals surface area contributed by atoms with Crippen molar-refractivity contribution in [3.63, 3.8) is 0 Å². The highest BCUT2D eigenvalue weighted by molar-refractivity contribution is 6.03. The largest absolute Gasteiger partial charge is 0.478 e. The average molecular weight is 405 g/mol. The number of hydrogen-bond donors (Lipinski definition) is 2. The van der Waals surface area contributed by atoms with E-state index >= 15 is 0 Å². The van der Waals surface area contributed by atoms with Gasteiger partial charge in [0.15, 0.2) is 0 Å². The first kappa shape index (κ1) is 18.2. The number of carboxylic acid groups (broad SMARTS) is 1. The van der Waals surface area contributed by atoms with Crippen molar-refractivity contribution in [2.45, 2.75) is 25.3 Å². The topological polar surface area (TPSA) is 49.3 Å². The highest BCUT2D eigenvalue weighted by atomic mass is 16.4. The van der Waals surface area contributed by atoms with Crippen LogP contribution in [-0.4, -0.2) is 11.1 Å². The second kappa shape index (κ2) is 6.71. The summed E-state index contributed by atoms with van der Waals surface area (Å²) in [5, 5.41) is 18.5. The lowest BCUT2D eigenvalue weighted by Crippen LogP contribution is -2.30. The molecule has 2 aliphatic rings. The van der Waals surface area contributed by atoms with Crippen molar-refractivity contribution >= 4 is 33.2 Å². The van der Waals surface area contributed by atoms with Gasteiger partial charge in [-0.1, -0.05) is 66.7 Å². The number of hydrogen-bond acceptors (Lipinski definition) is 2. The zero-order valence-corrected chi connectivity index (χ0v) is 17.3. The molecule has 0 saturated heterocycles. The number of carbonyl (C=O) groups is 1. The van der Waals surface area contributed by atoms with Crippen LogP contribution in [-0.2, 0) is 0 Å². The summed E-state index contributed by atoms with van der Waals surface area (Å²) < 4.78 is 0. The molecule has 3 nitrogen and oxygen atoms in total. The Morgan fingerprint density at radius 1 is 0.968 bits per heavy atom. The van der Waals surface area contributed by atoms with Crippen molar-refractivity contribution in [1.29, 1.82) is 0 Å². The van der Waals surface area contributed by atoms with E-state index in [1.54, 1.807) is 6.07 Å². The molecule has 1 aliphatic carbocycles. The Morgan fingerprint density at radius 2 is 1.65 bits per heavy atom. The number of fused-ring (bicyclic) bond motifs is 5. The minimum Gasteiger partial charge on any atom is -0.478 e. The summed E-state index contributed by atoms with van der Waals surface area (Å²) in [4.78, 5) is 11.8.